The molecule has 2 N–H and O–H groups in total. The van der Waals surface area contributed by atoms with Crippen LogP contribution in [-0.2, 0) is 27.5 Å². The minimum absolute atomic E-state index is 0.00251. The van der Waals surface area contributed by atoms with Crippen LogP contribution in [0.25, 0.3) is 0 Å². The molecule has 1 aliphatic heterocycles. The molecule has 1 aromatic heterocycles. The number of imide groups is 1. The van der Waals surface area contributed by atoms with E-state index < -0.39 is 45.3 Å². The summed E-state index contributed by atoms with van der Waals surface area (Å²) < 4.78 is 70.1. The second kappa shape index (κ2) is 8.51. The Labute approximate surface area is 192 Å². The fourth-order valence-corrected chi connectivity index (χ4v) is 5.24. The van der Waals surface area contributed by atoms with Gasteiger partial charge in [0.05, 0.1) is 18.1 Å². The zero-order valence-electron chi connectivity index (χ0n) is 17.8. The molecule has 1 atom stereocenters. The molecule has 2 aliphatic rings. The highest BCUT2D eigenvalue weighted by Crippen LogP contribution is 2.42. The Morgan fingerprint density at radius 1 is 1.12 bits per heavy atom. The molecule has 182 valence electrons. The van der Waals surface area contributed by atoms with Crippen LogP contribution in [0.4, 0.5) is 18.0 Å². The van der Waals surface area contributed by atoms with Gasteiger partial charge in [0.2, 0.25) is 15.8 Å². The number of carbonyl (C=O) groups is 2. The van der Waals surface area contributed by atoms with Gasteiger partial charge >= 0.3 is 12.2 Å². The minimum atomic E-state index is -4.65. The number of benzene rings is 1. The number of urea groups is 1. The molecule has 34 heavy (non-hydrogen) atoms. The molecule has 0 radical (unpaired) electrons. The van der Waals surface area contributed by atoms with Gasteiger partial charge < -0.3 is 10.1 Å². The summed E-state index contributed by atoms with van der Waals surface area (Å²) in [6.45, 7) is -0.0116. The number of alkyl halides is 3. The predicted molar refractivity (Wildman–Crippen MR) is 111 cm³/mol. The van der Waals surface area contributed by atoms with Gasteiger partial charge in [-0.3, -0.25) is 10.1 Å². The van der Waals surface area contributed by atoms with Gasteiger partial charge in [-0.15, -0.1) is 0 Å². The first-order valence-electron chi connectivity index (χ1n) is 10.1. The van der Waals surface area contributed by atoms with Crippen LogP contribution in [0.1, 0.15) is 24.2 Å². The third-order valence-electron chi connectivity index (χ3n) is 5.57. The summed E-state index contributed by atoms with van der Waals surface area (Å²) in [4.78, 5) is 30.4. The molecule has 0 bridgehead atoms. The molecule has 1 saturated heterocycles. The molecule has 2 aromatic rings. The SMILES string of the molecule is CN(Cc1ccc(Oc2cnc(C(F)(F)F)nc2)cc1)S(=O)(=O)C[C@]1(C2CC2)NC(=O)NC1=O. The highest BCUT2D eigenvalue weighted by atomic mass is 32.2. The maximum atomic E-state index is 13.0. The topological polar surface area (TPSA) is 131 Å². The summed E-state index contributed by atoms with van der Waals surface area (Å²) in [5.41, 5.74) is -0.867. The Balaban J connectivity index is 1.40. The second-order valence-electron chi connectivity index (χ2n) is 8.15. The number of aromatic nitrogens is 2. The van der Waals surface area contributed by atoms with Crippen LogP contribution in [0.2, 0.25) is 0 Å². The lowest BCUT2D eigenvalue weighted by Gasteiger charge is -2.28. The highest BCUT2D eigenvalue weighted by Gasteiger charge is 2.58. The molecule has 10 nitrogen and oxygen atoms in total. The molecule has 0 unspecified atom stereocenters. The fourth-order valence-electron chi connectivity index (χ4n) is 3.66. The second-order valence-corrected chi connectivity index (χ2v) is 10.2. The van der Waals surface area contributed by atoms with Gasteiger partial charge in [0, 0.05) is 13.6 Å². The first-order chi connectivity index (χ1) is 15.9. The smallest absolute Gasteiger partial charge is 0.451 e. The number of hydrogen-bond donors (Lipinski definition) is 2. The molecular weight excluding hydrogens is 479 g/mol. The van der Waals surface area contributed by atoms with Crippen molar-refractivity contribution in [1.82, 2.24) is 24.9 Å². The summed E-state index contributed by atoms with van der Waals surface area (Å²) >= 11 is 0. The normalized spacial score (nSPS) is 20.9. The van der Waals surface area contributed by atoms with E-state index in [1.165, 1.54) is 19.2 Å². The summed E-state index contributed by atoms with van der Waals surface area (Å²) in [5.74, 6) is -2.40. The zero-order valence-corrected chi connectivity index (χ0v) is 18.6. The zero-order chi connectivity index (χ0) is 24.7. The van der Waals surface area contributed by atoms with Gasteiger partial charge in [0.1, 0.15) is 11.3 Å². The first-order valence-corrected chi connectivity index (χ1v) is 11.7. The van der Waals surface area contributed by atoms with Gasteiger partial charge in [-0.25, -0.2) is 27.5 Å². The number of hydrogen-bond acceptors (Lipinski definition) is 7. The molecular formula is C20H20F3N5O5S. The van der Waals surface area contributed by atoms with Crippen LogP contribution in [0, 0.1) is 5.92 Å². The lowest BCUT2D eigenvalue weighted by atomic mass is 9.96. The van der Waals surface area contributed by atoms with Gasteiger partial charge in [-0.1, -0.05) is 12.1 Å². The maximum Gasteiger partial charge on any atom is 0.451 e. The van der Waals surface area contributed by atoms with Crippen molar-refractivity contribution < 1.29 is 35.9 Å². The first kappa shape index (κ1) is 23.9. The van der Waals surface area contributed by atoms with E-state index in [0.29, 0.717) is 18.4 Å². The number of carbonyl (C=O) groups excluding carboxylic acids is 2. The number of amides is 3. The molecule has 1 aromatic carbocycles. The van der Waals surface area contributed by atoms with Crippen molar-refractivity contribution in [3.05, 3.63) is 48.0 Å². The van der Waals surface area contributed by atoms with Crippen LogP contribution >= 0.6 is 0 Å². The average Bonchev–Trinajstić information content (AvgIpc) is 3.56. The highest BCUT2D eigenvalue weighted by molar-refractivity contribution is 7.89. The van der Waals surface area contributed by atoms with E-state index in [0.717, 1.165) is 16.7 Å². The van der Waals surface area contributed by atoms with Crippen LogP contribution in [-0.4, -0.2) is 53.0 Å². The summed E-state index contributed by atoms with van der Waals surface area (Å²) in [6, 6.07) is 5.51. The molecule has 1 saturated carbocycles. The lowest BCUT2D eigenvalue weighted by molar-refractivity contribution is -0.145. The van der Waals surface area contributed by atoms with Gasteiger partial charge in [-0.2, -0.15) is 13.2 Å². The summed E-state index contributed by atoms with van der Waals surface area (Å²) in [6.07, 6.45) is -1.55. The van der Waals surface area contributed by atoms with Crippen molar-refractivity contribution in [2.75, 3.05) is 12.8 Å². The van der Waals surface area contributed by atoms with E-state index in [1.54, 1.807) is 12.1 Å². The molecule has 4 rings (SSSR count). The third kappa shape index (κ3) is 4.97. The largest absolute Gasteiger partial charge is 0.454 e. The van der Waals surface area contributed by atoms with Crippen molar-refractivity contribution in [3.63, 3.8) is 0 Å². The number of nitrogens with zero attached hydrogens (tertiary/aromatic N) is 3. The van der Waals surface area contributed by atoms with E-state index in [4.69, 9.17) is 4.74 Å². The van der Waals surface area contributed by atoms with Gasteiger partial charge in [0.15, 0.2) is 5.75 Å². The molecule has 2 fully saturated rings. The molecule has 14 heteroatoms. The van der Waals surface area contributed by atoms with E-state index in [2.05, 4.69) is 20.6 Å². The average molecular weight is 499 g/mol. The van der Waals surface area contributed by atoms with Crippen LogP contribution in [0.3, 0.4) is 0 Å². The van der Waals surface area contributed by atoms with Gasteiger partial charge in [-0.05, 0) is 36.5 Å². The Bertz CT molecular complexity index is 1200. The number of halogens is 3. The standard InChI is InChI=1S/C20H20F3N5O5S/c1-28(34(31,32)11-19(13-4-5-13)17(29)26-18(30)27-19)10-12-2-6-14(7-3-12)33-15-8-24-16(25-9-15)20(21,22)23/h2-3,6-9,13H,4-5,10-11H2,1H3,(H2,26,27,29,30)/t19-/m1/s1. The Morgan fingerprint density at radius 3 is 2.24 bits per heavy atom. The van der Waals surface area contributed by atoms with Gasteiger partial charge in [0.25, 0.3) is 5.91 Å². The Hall–Kier alpha value is -3.26. The molecule has 2 heterocycles. The van der Waals surface area contributed by atoms with Crippen molar-refractivity contribution in [2.24, 2.45) is 5.92 Å². The number of rotatable bonds is 8. The van der Waals surface area contributed by atoms with Crippen LogP contribution in [0.15, 0.2) is 36.7 Å². The lowest BCUT2D eigenvalue weighted by Crippen LogP contribution is -2.56. The fraction of sp³-hybridized carbons (Fsp3) is 0.400. The molecule has 3 amide bonds. The van der Waals surface area contributed by atoms with Crippen molar-refractivity contribution in [3.8, 4) is 11.5 Å². The van der Waals surface area contributed by atoms with Crippen LogP contribution in [0.5, 0.6) is 11.5 Å². The van der Waals surface area contributed by atoms with Crippen molar-refractivity contribution >= 4 is 22.0 Å². The number of sulfonamides is 1. The van der Waals surface area contributed by atoms with E-state index in [9.17, 15) is 31.2 Å². The summed E-state index contributed by atoms with van der Waals surface area (Å²) in [5, 5.41) is 4.63. The van der Waals surface area contributed by atoms with E-state index in [-0.39, 0.29) is 24.0 Å². The van der Waals surface area contributed by atoms with E-state index >= 15 is 0 Å². The third-order valence-corrected chi connectivity index (χ3v) is 7.47. The molecule has 0 spiro atoms. The Kier molecular flexibility index (Phi) is 5.97. The number of ether oxygens (including phenoxy) is 1. The Morgan fingerprint density at radius 2 is 1.74 bits per heavy atom. The predicted octanol–water partition coefficient (Wildman–Crippen LogP) is 2.04. The van der Waals surface area contributed by atoms with Crippen LogP contribution < -0.4 is 15.4 Å². The summed E-state index contributed by atoms with van der Waals surface area (Å²) in [7, 11) is -2.55. The van der Waals surface area contributed by atoms with Crippen molar-refractivity contribution in [2.45, 2.75) is 31.1 Å². The molecule has 1 aliphatic carbocycles. The monoisotopic (exact) mass is 499 g/mol. The quantitative estimate of drug-likeness (QED) is 0.532. The van der Waals surface area contributed by atoms with Crippen molar-refractivity contribution in [1.29, 1.82) is 0 Å². The minimum Gasteiger partial charge on any atom is -0.454 e. The maximum absolute atomic E-state index is 13.0. The van der Waals surface area contributed by atoms with E-state index in [1.807, 2.05) is 0 Å². The number of nitrogens with one attached hydrogen (secondary N) is 2.